The molecule has 0 saturated heterocycles. The van der Waals surface area contributed by atoms with Crippen molar-refractivity contribution < 1.29 is 18.0 Å². The highest BCUT2D eigenvalue weighted by molar-refractivity contribution is 8.00. The van der Waals surface area contributed by atoms with Gasteiger partial charge < -0.3 is 4.57 Å². The summed E-state index contributed by atoms with van der Waals surface area (Å²) < 4.78 is 41.6. The average molecular weight is 484 g/mol. The molecule has 1 amide bonds. The molecule has 0 unspecified atom stereocenters. The molecule has 0 atom stereocenters. The van der Waals surface area contributed by atoms with Crippen LogP contribution in [0, 0.1) is 0 Å². The maximum absolute atomic E-state index is 13.4. The fourth-order valence-corrected chi connectivity index (χ4v) is 4.65. The van der Waals surface area contributed by atoms with Gasteiger partial charge >= 0.3 is 6.18 Å². The number of rotatable bonds is 6. The monoisotopic (exact) mass is 483 g/mol. The van der Waals surface area contributed by atoms with Crippen molar-refractivity contribution in [2.45, 2.75) is 22.8 Å². The Morgan fingerprint density at radius 3 is 2.61 bits per heavy atom. The molecule has 160 valence electrons. The van der Waals surface area contributed by atoms with Crippen LogP contribution in [0.2, 0.25) is 5.02 Å². The molecule has 4 rings (SSSR count). The van der Waals surface area contributed by atoms with Gasteiger partial charge in [0.2, 0.25) is 16.9 Å². The zero-order valence-corrected chi connectivity index (χ0v) is 17.9. The fraction of sp³-hybridized carbons (Fsp3) is 0.158. The van der Waals surface area contributed by atoms with Crippen LogP contribution < -0.4 is 5.32 Å². The van der Waals surface area contributed by atoms with E-state index in [9.17, 15) is 18.0 Å². The van der Waals surface area contributed by atoms with Gasteiger partial charge in [-0.2, -0.15) is 13.2 Å². The summed E-state index contributed by atoms with van der Waals surface area (Å²) in [7, 11) is 0. The number of nitrogens with one attached hydrogen (secondary N) is 1. The molecule has 1 N–H and O–H groups in total. The first-order valence-electron chi connectivity index (χ1n) is 8.82. The molecular weight excluding hydrogens is 471 g/mol. The van der Waals surface area contributed by atoms with Gasteiger partial charge in [-0.05, 0) is 29.8 Å². The van der Waals surface area contributed by atoms with Crippen LogP contribution in [0.4, 0.5) is 18.3 Å². The van der Waals surface area contributed by atoms with Crippen LogP contribution in [-0.4, -0.2) is 25.7 Å². The Bertz CT molecular complexity index is 1220. The van der Waals surface area contributed by atoms with E-state index in [-0.39, 0.29) is 16.2 Å². The number of carbonyl (C=O) groups excluding carboxylic acids is 1. The molecule has 0 spiro atoms. The summed E-state index contributed by atoms with van der Waals surface area (Å²) >= 11 is 8.43. The number of halogens is 4. The number of nitrogens with zero attached hydrogens (tertiary/aromatic N) is 4. The van der Waals surface area contributed by atoms with Crippen molar-refractivity contribution in [1.29, 1.82) is 0 Å². The van der Waals surface area contributed by atoms with E-state index in [4.69, 9.17) is 11.6 Å². The van der Waals surface area contributed by atoms with Crippen molar-refractivity contribution in [3.8, 4) is 0 Å². The second-order valence-electron chi connectivity index (χ2n) is 6.34. The molecule has 2 aromatic carbocycles. The van der Waals surface area contributed by atoms with Gasteiger partial charge in [0, 0.05) is 10.8 Å². The number of hydrogen-bond donors (Lipinski definition) is 1. The third kappa shape index (κ3) is 5.17. The number of alkyl halides is 3. The molecule has 4 aromatic rings. The van der Waals surface area contributed by atoms with Crippen LogP contribution in [0.15, 0.2) is 52.9 Å². The van der Waals surface area contributed by atoms with Crippen molar-refractivity contribution in [3.63, 3.8) is 0 Å². The Hall–Kier alpha value is -2.63. The largest absolute Gasteiger partial charge is 0.449 e. The lowest BCUT2D eigenvalue weighted by Crippen LogP contribution is -2.23. The number of imidazole rings is 1. The number of hydrogen-bond acceptors (Lipinski definition) is 6. The summed E-state index contributed by atoms with van der Waals surface area (Å²) in [5.41, 5.74) is 1.43. The lowest BCUT2D eigenvalue weighted by atomic mass is 10.2. The van der Waals surface area contributed by atoms with Gasteiger partial charge in [-0.25, -0.2) is 4.98 Å². The van der Waals surface area contributed by atoms with E-state index in [0.29, 0.717) is 15.1 Å². The van der Waals surface area contributed by atoms with E-state index in [1.165, 1.54) is 23.9 Å². The van der Waals surface area contributed by atoms with E-state index in [2.05, 4.69) is 20.5 Å². The summed E-state index contributed by atoms with van der Waals surface area (Å²) in [5, 5.41) is 11.3. The Morgan fingerprint density at radius 1 is 1.13 bits per heavy atom. The van der Waals surface area contributed by atoms with Crippen molar-refractivity contribution in [2.24, 2.45) is 0 Å². The van der Waals surface area contributed by atoms with Crippen molar-refractivity contribution in [2.75, 3.05) is 5.32 Å². The normalized spacial score (nSPS) is 11.7. The van der Waals surface area contributed by atoms with Crippen LogP contribution in [0.3, 0.4) is 0 Å². The lowest BCUT2D eigenvalue weighted by Gasteiger charge is -2.10. The number of amides is 1. The number of fused-ring (bicyclic) bond motifs is 1. The minimum absolute atomic E-state index is 0.166. The Kier molecular flexibility index (Phi) is 6.17. The van der Waals surface area contributed by atoms with Gasteiger partial charge in [0.05, 0.1) is 11.0 Å². The summed E-state index contributed by atoms with van der Waals surface area (Å²) in [6.07, 6.45) is -4.69. The average Bonchev–Trinajstić information content (AvgIpc) is 3.32. The van der Waals surface area contributed by atoms with Crippen molar-refractivity contribution in [3.05, 3.63) is 64.9 Å². The molecule has 0 aliphatic heterocycles. The Balaban J connectivity index is 1.43. The highest BCUT2D eigenvalue weighted by Crippen LogP contribution is 2.32. The molecule has 12 heteroatoms. The molecule has 31 heavy (non-hydrogen) atoms. The zero-order chi connectivity index (χ0) is 22.0. The zero-order valence-electron chi connectivity index (χ0n) is 15.6. The third-order valence-corrected chi connectivity index (χ3v) is 6.43. The molecule has 2 aromatic heterocycles. The van der Waals surface area contributed by atoms with E-state index < -0.39 is 24.5 Å². The molecule has 0 fully saturated rings. The maximum atomic E-state index is 13.4. The molecule has 0 saturated carbocycles. The van der Waals surface area contributed by atoms with E-state index in [1.54, 1.807) is 24.3 Å². The van der Waals surface area contributed by atoms with Gasteiger partial charge in [0.15, 0.2) is 4.34 Å². The molecule has 2 heterocycles. The van der Waals surface area contributed by atoms with E-state index in [0.717, 1.165) is 21.5 Å². The first-order valence-corrected chi connectivity index (χ1v) is 11.0. The first-order chi connectivity index (χ1) is 14.8. The highest BCUT2D eigenvalue weighted by atomic mass is 35.5. The van der Waals surface area contributed by atoms with Gasteiger partial charge in [-0.3, -0.25) is 10.1 Å². The van der Waals surface area contributed by atoms with Gasteiger partial charge in [0.1, 0.15) is 6.54 Å². The van der Waals surface area contributed by atoms with Gasteiger partial charge in [-0.1, -0.05) is 59.0 Å². The Morgan fingerprint density at radius 2 is 1.87 bits per heavy atom. The lowest BCUT2D eigenvalue weighted by molar-refractivity contribution is -0.147. The molecule has 0 bridgehead atoms. The molecular formula is C19H13ClF3N5OS2. The SMILES string of the molecule is O=C(Cn1c(C(F)(F)F)nc2ccccc21)Nc1nnc(SCc2ccc(Cl)cc2)s1. The third-order valence-electron chi connectivity index (χ3n) is 4.14. The predicted octanol–water partition coefficient (Wildman–Crippen LogP) is 5.49. The number of aromatic nitrogens is 4. The Labute approximate surface area is 187 Å². The quantitative estimate of drug-likeness (QED) is 0.290. The topological polar surface area (TPSA) is 72.7 Å². The standard InChI is InChI=1S/C19H13ClF3N5OS2/c20-12-7-5-11(6-8-12)10-30-18-27-26-17(31-18)25-15(29)9-28-14-4-2-1-3-13(14)24-16(28)19(21,22)23/h1-8H,9-10H2,(H,25,26,29). The van der Waals surface area contributed by atoms with Crippen LogP contribution in [0.5, 0.6) is 0 Å². The van der Waals surface area contributed by atoms with Gasteiger partial charge in [-0.15, -0.1) is 10.2 Å². The predicted molar refractivity (Wildman–Crippen MR) is 114 cm³/mol. The summed E-state index contributed by atoms with van der Waals surface area (Å²) in [6.45, 7) is -0.553. The van der Waals surface area contributed by atoms with Crippen LogP contribution in [0.1, 0.15) is 11.4 Å². The summed E-state index contributed by atoms with van der Waals surface area (Å²) in [6, 6.07) is 13.5. The van der Waals surface area contributed by atoms with Crippen LogP contribution >= 0.6 is 34.7 Å². The van der Waals surface area contributed by atoms with Crippen molar-refractivity contribution >= 4 is 56.8 Å². The number of para-hydroxylation sites is 2. The van der Waals surface area contributed by atoms with E-state index >= 15 is 0 Å². The minimum Gasteiger partial charge on any atom is -0.311 e. The minimum atomic E-state index is -4.69. The van der Waals surface area contributed by atoms with Crippen LogP contribution in [0.25, 0.3) is 11.0 Å². The summed E-state index contributed by atoms with van der Waals surface area (Å²) in [5.74, 6) is -1.14. The maximum Gasteiger partial charge on any atom is 0.449 e. The second kappa shape index (κ2) is 8.85. The first kappa shape index (κ1) is 21.6. The number of anilines is 1. The highest BCUT2D eigenvalue weighted by Gasteiger charge is 2.38. The number of benzene rings is 2. The smallest absolute Gasteiger partial charge is 0.311 e. The van der Waals surface area contributed by atoms with Crippen molar-refractivity contribution in [1.82, 2.24) is 19.7 Å². The van der Waals surface area contributed by atoms with Crippen LogP contribution in [-0.2, 0) is 23.3 Å². The summed E-state index contributed by atoms with van der Waals surface area (Å²) in [4.78, 5) is 16.0. The molecule has 0 aliphatic rings. The second-order valence-corrected chi connectivity index (χ2v) is 8.98. The number of carbonyl (C=O) groups is 1. The molecule has 6 nitrogen and oxygen atoms in total. The van der Waals surface area contributed by atoms with Gasteiger partial charge in [0.25, 0.3) is 0 Å². The molecule has 0 radical (unpaired) electrons. The fourth-order valence-electron chi connectivity index (χ4n) is 2.80. The number of thioether (sulfide) groups is 1. The van der Waals surface area contributed by atoms with E-state index in [1.807, 2.05) is 12.1 Å². The molecule has 0 aliphatic carbocycles.